The summed E-state index contributed by atoms with van der Waals surface area (Å²) in [6, 6.07) is 18.9. The highest BCUT2D eigenvalue weighted by molar-refractivity contribution is 6.33. The van der Waals surface area contributed by atoms with Gasteiger partial charge in [-0.2, -0.15) is 13.2 Å². The monoisotopic (exact) mass is 543 g/mol. The lowest BCUT2D eigenvalue weighted by Crippen LogP contribution is -2.61. The van der Waals surface area contributed by atoms with Crippen LogP contribution in [0.15, 0.2) is 66.7 Å². The van der Waals surface area contributed by atoms with Gasteiger partial charge in [0.05, 0.1) is 35.3 Å². The summed E-state index contributed by atoms with van der Waals surface area (Å²) in [7, 11) is 1.61. The maximum absolute atomic E-state index is 13.6. The topological polar surface area (TPSA) is 44.8 Å². The van der Waals surface area contributed by atoms with E-state index in [0.717, 1.165) is 28.8 Å². The second-order valence-electron chi connectivity index (χ2n) is 9.66. The van der Waals surface area contributed by atoms with Crippen molar-refractivity contribution in [1.82, 2.24) is 5.32 Å². The quantitative estimate of drug-likeness (QED) is 0.440. The molecule has 0 aliphatic carbocycles. The number of halogens is 4. The highest BCUT2D eigenvalue weighted by atomic mass is 35.5. The molecule has 0 spiro atoms. The SMILES string of the molecule is COc1ccccc1CCNC(=O)C1Cc2cc(C(F)(F)F)ccc2N2CCN(c3ccccc3Cl)CC12. The molecule has 200 valence electrons. The zero-order valence-corrected chi connectivity index (χ0v) is 21.7. The van der Waals surface area contributed by atoms with Crippen LogP contribution >= 0.6 is 11.6 Å². The Morgan fingerprint density at radius 3 is 2.58 bits per heavy atom. The predicted molar refractivity (Wildman–Crippen MR) is 143 cm³/mol. The first kappa shape index (κ1) is 26.2. The van der Waals surface area contributed by atoms with Gasteiger partial charge in [0.2, 0.25) is 5.91 Å². The maximum atomic E-state index is 13.6. The Labute approximate surface area is 225 Å². The fourth-order valence-electron chi connectivity index (χ4n) is 5.59. The molecule has 2 aliphatic rings. The van der Waals surface area contributed by atoms with Gasteiger partial charge in [-0.3, -0.25) is 4.79 Å². The van der Waals surface area contributed by atoms with Crippen molar-refractivity contribution in [3.05, 3.63) is 88.4 Å². The molecule has 3 aromatic rings. The number of benzene rings is 3. The van der Waals surface area contributed by atoms with Crippen LogP contribution in [0.25, 0.3) is 0 Å². The van der Waals surface area contributed by atoms with Gasteiger partial charge in [0.15, 0.2) is 0 Å². The molecule has 1 saturated heterocycles. The van der Waals surface area contributed by atoms with Gasteiger partial charge in [-0.25, -0.2) is 0 Å². The molecule has 9 heteroatoms. The minimum atomic E-state index is -4.44. The molecule has 3 aromatic carbocycles. The van der Waals surface area contributed by atoms with E-state index in [1.807, 2.05) is 48.5 Å². The number of rotatable bonds is 6. The summed E-state index contributed by atoms with van der Waals surface area (Å²) >= 11 is 6.47. The van der Waals surface area contributed by atoms with Crippen molar-refractivity contribution in [3.63, 3.8) is 0 Å². The third-order valence-corrected chi connectivity index (χ3v) is 7.77. The molecular weight excluding hydrogens is 515 g/mol. The minimum Gasteiger partial charge on any atom is -0.496 e. The van der Waals surface area contributed by atoms with Crippen molar-refractivity contribution < 1.29 is 22.7 Å². The highest BCUT2D eigenvalue weighted by Crippen LogP contribution is 2.41. The van der Waals surface area contributed by atoms with Crippen LogP contribution in [0.3, 0.4) is 0 Å². The number of carbonyl (C=O) groups is 1. The number of nitrogens with zero attached hydrogens (tertiary/aromatic N) is 2. The zero-order valence-electron chi connectivity index (χ0n) is 21.0. The number of hydrogen-bond donors (Lipinski definition) is 1. The molecule has 5 rings (SSSR count). The Morgan fingerprint density at radius 2 is 1.82 bits per heavy atom. The Morgan fingerprint density at radius 1 is 1.05 bits per heavy atom. The van der Waals surface area contributed by atoms with E-state index in [1.165, 1.54) is 6.07 Å². The third-order valence-electron chi connectivity index (χ3n) is 7.46. The third kappa shape index (κ3) is 5.27. The van der Waals surface area contributed by atoms with E-state index in [1.54, 1.807) is 13.2 Å². The summed E-state index contributed by atoms with van der Waals surface area (Å²) in [5.74, 6) is 0.0646. The van der Waals surface area contributed by atoms with Gasteiger partial charge in [0.1, 0.15) is 5.75 Å². The number of nitrogens with one attached hydrogen (secondary N) is 1. The summed E-state index contributed by atoms with van der Waals surface area (Å²) in [6.45, 7) is 2.14. The van der Waals surface area contributed by atoms with Crippen LogP contribution in [-0.4, -0.2) is 45.2 Å². The van der Waals surface area contributed by atoms with E-state index >= 15 is 0 Å². The number of anilines is 2. The average Bonchev–Trinajstić information content (AvgIpc) is 2.92. The lowest BCUT2D eigenvalue weighted by atomic mass is 9.82. The Hall–Kier alpha value is -3.39. The Kier molecular flexibility index (Phi) is 7.43. The summed E-state index contributed by atoms with van der Waals surface area (Å²) in [5, 5.41) is 3.67. The van der Waals surface area contributed by atoms with Crippen LogP contribution in [0.1, 0.15) is 16.7 Å². The van der Waals surface area contributed by atoms with Gasteiger partial charge in [-0.05, 0) is 60.4 Å². The number of alkyl halides is 3. The standard InChI is InChI=1S/C29H29ClF3N3O2/c1-38-27-9-5-2-6-19(27)12-13-34-28(37)22-17-20-16-21(29(31,32)33)10-11-24(20)36-15-14-35(18-26(22)36)25-8-4-3-7-23(25)30/h2-11,16,22,26H,12-15,17-18H2,1H3,(H,34,37). The van der Waals surface area contributed by atoms with E-state index < -0.39 is 17.7 Å². The summed E-state index contributed by atoms with van der Waals surface area (Å²) in [6.07, 6.45) is -3.63. The molecule has 0 aromatic heterocycles. The number of carbonyl (C=O) groups excluding carboxylic acids is 1. The molecular formula is C29H29ClF3N3O2. The molecule has 1 N–H and O–H groups in total. The Bertz CT molecular complexity index is 1320. The first-order chi connectivity index (χ1) is 18.3. The highest BCUT2D eigenvalue weighted by Gasteiger charge is 2.43. The first-order valence-electron chi connectivity index (χ1n) is 12.6. The first-order valence-corrected chi connectivity index (χ1v) is 13.0. The van der Waals surface area contributed by atoms with Crippen molar-refractivity contribution >= 4 is 28.9 Å². The normalized spacial score (nSPS) is 19.0. The van der Waals surface area contributed by atoms with E-state index in [0.29, 0.717) is 43.2 Å². The van der Waals surface area contributed by atoms with Gasteiger partial charge >= 0.3 is 6.18 Å². The minimum absolute atomic E-state index is 0.168. The number of ether oxygens (including phenoxy) is 1. The van der Waals surface area contributed by atoms with Crippen LogP contribution < -0.4 is 19.9 Å². The van der Waals surface area contributed by atoms with Crippen molar-refractivity contribution in [3.8, 4) is 5.75 Å². The van der Waals surface area contributed by atoms with Crippen LogP contribution in [-0.2, 0) is 23.8 Å². The van der Waals surface area contributed by atoms with Crippen molar-refractivity contribution in [2.45, 2.75) is 25.1 Å². The van der Waals surface area contributed by atoms with Crippen LogP contribution in [0.5, 0.6) is 5.75 Å². The number of para-hydroxylation sites is 2. The second-order valence-corrected chi connectivity index (χ2v) is 10.1. The molecule has 1 amide bonds. The molecule has 0 bridgehead atoms. The lowest BCUT2D eigenvalue weighted by molar-refractivity contribution is -0.137. The molecule has 0 saturated carbocycles. The molecule has 0 radical (unpaired) electrons. The number of amides is 1. The molecule has 2 atom stereocenters. The van der Waals surface area contributed by atoms with E-state index in [-0.39, 0.29) is 18.4 Å². The predicted octanol–water partition coefficient (Wildman–Crippen LogP) is 5.59. The van der Waals surface area contributed by atoms with Gasteiger partial charge in [0, 0.05) is 31.9 Å². The molecule has 2 heterocycles. The molecule has 5 nitrogen and oxygen atoms in total. The van der Waals surface area contributed by atoms with E-state index in [4.69, 9.17) is 16.3 Å². The zero-order chi connectivity index (χ0) is 26.9. The smallest absolute Gasteiger partial charge is 0.416 e. The van der Waals surface area contributed by atoms with Crippen molar-refractivity contribution in [1.29, 1.82) is 0 Å². The van der Waals surface area contributed by atoms with Gasteiger partial charge in [-0.1, -0.05) is 41.9 Å². The van der Waals surface area contributed by atoms with Crippen LogP contribution in [0.4, 0.5) is 24.5 Å². The maximum Gasteiger partial charge on any atom is 0.416 e. The summed E-state index contributed by atoms with van der Waals surface area (Å²) in [4.78, 5) is 17.8. The van der Waals surface area contributed by atoms with Gasteiger partial charge < -0.3 is 19.9 Å². The fourth-order valence-corrected chi connectivity index (χ4v) is 5.84. The fraction of sp³-hybridized carbons (Fsp3) is 0.345. The number of hydrogen-bond acceptors (Lipinski definition) is 4. The number of piperazine rings is 1. The molecule has 38 heavy (non-hydrogen) atoms. The second kappa shape index (κ2) is 10.8. The van der Waals surface area contributed by atoms with Crippen molar-refractivity contribution in [2.75, 3.05) is 43.1 Å². The lowest BCUT2D eigenvalue weighted by Gasteiger charge is -2.50. The van der Waals surface area contributed by atoms with Gasteiger partial charge in [0.25, 0.3) is 0 Å². The summed E-state index contributed by atoms with van der Waals surface area (Å²) in [5.41, 5.74) is 2.48. The largest absolute Gasteiger partial charge is 0.496 e. The average molecular weight is 544 g/mol. The van der Waals surface area contributed by atoms with Gasteiger partial charge in [-0.15, -0.1) is 0 Å². The number of fused-ring (bicyclic) bond motifs is 3. The number of methoxy groups -OCH3 is 1. The van der Waals surface area contributed by atoms with Crippen LogP contribution in [0.2, 0.25) is 5.02 Å². The van der Waals surface area contributed by atoms with Crippen LogP contribution in [0, 0.1) is 5.92 Å². The van der Waals surface area contributed by atoms with E-state index in [2.05, 4.69) is 15.1 Å². The molecule has 2 aliphatic heterocycles. The van der Waals surface area contributed by atoms with Crippen molar-refractivity contribution in [2.24, 2.45) is 5.92 Å². The molecule has 1 fully saturated rings. The molecule has 2 unspecified atom stereocenters. The Balaban J connectivity index is 1.40. The van der Waals surface area contributed by atoms with E-state index in [9.17, 15) is 18.0 Å². The summed E-state index contributed by atoms with van der Waals surface area (Å²) < 4.78 is 45.9.